The third-order valence-electron chi connectivity index (χ3n) is 3.97. The third kappa shape index (κ3) is 4.19. The molecule has 0 radical (unpaired) electrons. The minimum absolute atomic E-state index is 0.243. The standard InChI is InChI=1S/C21H14N4OS2/c22-11-14-3-1-5-16(9-14)20(26)24-17-6-7-18-19(10-17)28-21(25-18)27-13-15-4-2-8-23-12-15/h1-10,12H,13H2,(H,24,26). The smallest absolute Gasteiger partial charge is 0.255 e. The Kier molecular flexibility index (Phi) is 5.33. The average Bonchev–Trinajstić information content (AvgIpc) is 3.15. The predicted octanol–water partition coefficient (Wildman–Crippen LogP) is 5.11. The maximum Gasteiger partial charge on any atom is 0.255 e. The Labute approximate surface area is 170 Å². The number of thioether (sulfide) groups is 1. The normalized spacial score (nSPS) is 10.5. The first kappa shape index (κ1) is 18.2. The number of rotatable bonds is 5. The van der Waals surface area contributed by atoms with Crippen LogP contribution in [0.2, 0.25) is 0 Å². The Hall–Kier alpha value is -3.21. The van der Waals surface area contributed by atoms with Crippen molar-refractivity contribution in [1.29, 1.82) is 5.26 Å². The van der Waals surface area contributed by atoms with Gasteiger partial charge >= 0.3 is 0 Å². The Morgan fingerprint density at radius 1 is 1.18 bits per heavy atom. The summed E-state index contributed by atoms with van der Waals surface area (Å²) >= 11 is 3.27. The molecule has 0 atom stereocenters. The number of benzene rings is 2. The molecule has 1 N–H and O–H groups in total. The van der Waals surface area contributed by atoms with E-state index in [1.165, 1.54) is 0 Å². The lowest BCUT2D eigenvalue weighted by Gasteiger charge is -2.05. The quantitative estimate of drug-likeness (QED) is 0.470. The highest BCUT2D eigenvalue weighted by Gasteiger charge is 2.10. The molecule has 5 nitrogen and oxygen atoms in total. The van der Waals surface area contributed by atoms with Gasteiger partial charge in [0.2, 0.25) is 0 Å². The van der Waals surface area contributed by atoms with Gasteiger partial charge in [0, 0.05) is 29.4 Å². The van der Waals surface area contributed by atoms with Gasteiger partial charge in [0.15, 0.2) is 4.34 Å². The molecule has 28 heavy (non-hydrogen) atoms. The molecular formula is C21H14N4OS2. The van der Waals surface area contributed by atoms with E-state index in [1.807, 2.05) is 42.6 Å². The topological polar surface area (TPSA) is 78.7 Å². The van der Waals surface area contributed by atoms with Crippen LogP contribution in [0.25, 0.3) is 10.2 Å². The summed E-state index contributed by atoms with van der Waals surface area (Å²) in [6, 6.07) is 18.3. The molecule has 0 aliphatic carbocycles. The van der Waals surface area contributed by atoms with Crippen molar-refractivity contribution in [3.05, 3.63) is 83.7 Å². The van der Waals surface area contributed by atoms with Gasteiger partial charge in [-0.25, -0.2) is 4.98 Å². The molecule has 1 amide bonds. The second-order valence-corrected chi connectivity index (χ2v) is 8.21. The number of aromatic nitrogens is 2. The number of nitrogens with one attached hydrogen (secondary N) is 1. The summed E-state index contributed by atoms with van der Waals surface area (Å²) < 4.78 is 1.99. The van der Waals surface area contributed by atoms with Crippen LogP contribution in [0.3, 0.4) is 0 Å². The molecule has 7 heteroatoms. The van der Waals surface area contributed by atoms with Gasteiger partial charge in [0.05, 0.1) is 21.8 Å². The molecule has 4 rings (SSSR count). The highest BCUT2D eigenvalue weighted by atomic mass is 32.2. The summed E-state index contributed by atoms with van der Waals surface area (Å²) in [5, 5.41) is 11.9. The molecule has 136 valence electrons. The fourth-order valence-corrected chi connectivity index (χ4v) is 4.65. The van der Waals surface area contributed by atoms with Crippen LogP contribution in [-0.4, -0.2) is 15.9 Å². The molecule has 0 bridgehead atoms. The van der Waals surface area contributed by atoms with Crippen LogP contribution in [0.15, 0.2) is 71.3 Å². The average molecular weight is 403 g/mol. The highest BCUT2D eigenvalue weighted by Crippen LogP contribution is 2.32. The first-order valence-electron chi connectivity index (χ1n) is 8.45. The van der Waals surface area contributed by atoms with Crippen LogP contribution in [0, 0.1) is 11.3 Å². The second-order valence-electron chi connectivity index (χ2n) is 5.96. The van der Waals surface area contributed by atoms with Gasteiger partial charge in [-0.05, 0) is 48.0 Å². The summed E-state index contributed by atoms with van der Waals surface area (Å²) in [6.45, 7) is 0. The van der Waals surface area contributed by atoms with Crippen molar-refractivity contribution >= 4 is 44.9 Å². The van der Waals surface area contributed by atoms with E-state index in [-0.39, 0.29) is 5.91 Å². The maximum atomic E-state index is 12.4. The van der Waals surface area contributed by atoms with Gasteiger partial charge in [0.1, 0.15) is 0 Å². The SMILES string of the molecule is N#Cc1cccc(C(=O)Nc2ccc3nc(SCc4cccnc4)sc3c2)c1. The number of thiazole rings is 1. The number of nitriles is 1. The lowest BCUT2D eigenvalue weighted by molar-refractivity contribution is 0.102. The summed E-state index contributed by atoms with van der Waals surface area (Å²) in [5.74, 6) is 0.569. The first-order chi connectivity index (χ1) is 13.7. The van der Waals surface area contributed by atoms with E-state index in [2.05, 4.69) is 15.3 Å². The molecule has 2 aromatic carbocycles. The number of amides is 1. The van der Waals surface area contributed by atoms with Gasteiger partial charge < -0.3 is 5.32 Å². The van der Waals surface area contributed by atoms with E-state index in [9.17, 15) is 4.79 Å². The van der Waals surface area contributed by atoms with E-state index >= 15 is 0 Å². The van der Waals surface area contributed by atoms with Crippen LogP contribution in [0.4, 0.5) is 5.69 Å². The van der Waals surface area contributed by atoms with Crippen molar-refractivity contribution in [2.24, 2.45) is 0 Å². The number of carbonyl (C=O) groups is 1. The number of carbonyl (C=O) groups excluding carboxylic acids is 1. The minimum Gasteiger partial charge on any atom is -0.322 e. The summed E-state index contributed by atoms with van der Waals surface area (Å²) in [6.07, 6.45) is 3.62. The van der Waals surface area contributed by atoms with Crippen molar-refractivity contribution in [3.63, 3.8) is 0 Å². The van der Waals surface area contributed by atoms with E-state index in [0.717, 1.165) is 25.9 Å². The molecule has 2 aromatic heterocycles. The number of fused-ring (bicyclic) bond motifs is 1. The Morgan fingerprint density at radius 3 is 2.93 bits per heavy atom. The van der Waals surface area contributed by atoms with Crippen molar-refractivity contribution in [2.45, 2.75) is 10.1 Å². The molecule has 0 saturated heterocycles. The maximum absolute atomic E-state index is 12.4. The fraction of sp³-hybridized carbons (Fsp3) is 0.0476. The number of anilines is 1. The molecular weight excluding hydrogens is 388 g/mol. The van der Waals surface area contributed by atoms with Gasteiger partial charge in [-0.2, -0.15) is 5.26 Å². The van der Waals surface area contributed by atoms with E-state index in [0.29, 0.717) is 16.8 Å². The van der Waals surface area contributed by atoms with Gasteiger partial charge in [-0.3, -0.25) is 9.78 Å². The molecule has 0 aliphatic rings. The van der Waals surface area contributed by atoms with Gasteiger partial charge in [-0.1, -0.05) is 23.9 Å². The van der Waals surface area contributed by atoms with Crippen LogP contribution in [0.1, 0.15) is 21.5 Å². The fourth-order valence-electron chi connectivity index (χ4n) is 2.60. The molecule has 0 fully saturated rings. The first-order valence-corrected chi connectivity index (χ1v) is 10.3. The molecule has 0 unspecified atom stereocenters. The number of hydrogen-bond acceptors (Lipinski definition) is 6. The van der Waals surface area contributed by atoms with Crippen LogP contribution in [-0.2, 0) is 5.75 Å². The lowest BCUT2D eigenvalue weighted by atomic mass is 10.1. The van der Waals surface area contributed by atoms with Crippen molar-refractivity contribution in [2.75, 3.05) is 5.32 Å². The molecule has 0 spiro atoms. The Bertz CT molecular complexity index is 1180. The largest absolute Gasteiger partial charge is 0.322 e. The number of pyridine rings is 1. The highest BCUT2D eigenvalue weighted by molar-refractivity contribution is 8.00. The van der Waals surface area contributed by atoms with Crippen LogP contribution in [0.5, 0.6) is 0 Å². The zero-order valence-corrected chi connectivity index (χ0v) is 16.3. The number of nitrogens with zero attached hydrogens (tertiary/aromatic N) is 3. The summed E-state index contributed by atoms with van der Waals surface area (Å²) in [4.78, 5) is 21.2. The Morgan fingerprint density at radius 2 is 2.11 bits per heavy atom. The summed E-state index contributed by atoms with van der Waals surface area (Å²) in [5.41, 5.74) is 3.67. The van der Waals surface area contributed by atoms with Gasteiger partial charge in [0.25, 0.3) is 5.91 Å². The van der Waals surface area contributed by atoms with E-state index in [4.69, 9.17) is 5.26 Å². The molecule has 0 saturated carbocycles. The van der Waals surface area contributed by atoms with E-state index < -0.39 is 0 Å². The monoisotopic (exact) mass is 402 g/mol. The lowest BCUT2D eigenvalue weighted by Crippen LogP contribution is -2.11. The van der Waals surface area contributed by atoms with Crippen molar-refractivity contribution in [1.82, 2.24) is 9.97 Å². The number of hydrogen-bond donors (Lipinski definition) is 1. The second kappa shape index (κ2) is 8.21. The van der Waals surface area contributed by atoms with Crippen molar-refractivity contribution in [3.8, 4) is 6.07 Å². The third-order valence-corrected chi connectivity index (χ3v) is 6.20. The van der Waals surface area contributed by atoms with Crippen LogP contribution < -0.4 is 5.32 Å². The van der Waals surface area contributed by atoms with Crippen molar-refractivity contribution < 1.29 is 4.79 Å². The minimum atomic E-state index is -0.243. The zero-order chi connectivity index (χ0) is 19.3. The Balaban J connectivity index is 1.48. The van der Waals surface area contributed by atoms with Gasteiger partial charge in [-0.15, -0.1) is 11.3 Å². The molecule has 0 aliphatic heterocycles. The molecule has 2 heterocycles. The summed E-state index contributed by atoms with van der Waals surface area (Å²) in [7, 11) is 0. The van der Waals surface area contributed by atoms with Crippen LogP contribution >= 0.6 is 23.1 Å². The molecule has 4 aromatic rings. The predicted molar refractivity (Wildman–Crippen MR) is 113 cm³/mol. The van der Waals surface area contributed by atoms with E-state index in [1.54, 1.807) is 53.6 Å². The zero-order valence-electron chi connectivity index (χ0n) is 14.6.